The Bertz CT molecular complexity index is 337. The molecule has 1 unspecified atom stereocenters. The van der Waals surface area contributed by atoms with Crippen molar-refractivity contribution in [2.75, 3.05) is 18.1 Å². The molecule has 2 N–H and O–H groups in total. The second-order valence-corrected chi connectivity index (χ2v) is 4.29. The summed E-state index contributed by atoms with van der Waals surface area (Å²) in [5, 5.41) is 18.6. The molecular formula is C12H18N2O2. The van der Waals surface area contributed by atoms with Crippen molar-refractivity contribution in [1.82, 2.24) is 4.98 Å². The Morgan fingerprint density at radius 1 is 1.56 bits per heavy atom. The first-order valence-electron chi connectivity index (χ1n) is 5.74. The Balaban J connectivity index is 2.15. The van der Waals surface area contributed by atoms with Crippen LogP contribution in [0, 0.1) is 0 Å². The van der Waals surface area contributed by atoms with E-state index in [2.05, 4.69) is 9.88 Å². The van der Waals surface area contributed by atoms with Gasteiger partial charge >= 0.3 is 0 Å². The Morgan fingerprint density at radius 2 is 2.38 bits per heavy atom. The highest BCUT2D eigenvalue weighted by atomic mass is 16.3. The molecule has 0 saturated carbocycles. The van der Waals surface area contributed by atoms with Crippen LogP contribution in [0.3, 0.4) is 0 Å². The summed E-state index contributed by atoms with van der Waals surface area (Å²) >= 11 is 0. The summed E-state index contributed by atoms with van der Waals surface area (Å²) in [4.78, 5) is 6.40. The van der Waals surface area contributed by atoms with E-state index in [0.29, 0.717) is 5.69 Å². The lowest BCUT2D eigenvalue weighted by molar-refractivity contribution is 0.194. The van der Waals surface area contributed by atoms with E-state index >= 15 is 0 Å². The predicted molar refractivity (Wildman–Crippen MR) is 62.3 cm³/mol. The van der Waals surface area contributed by atoms with Gasteiger partial charge in [-0.2, -0.15) is 0 Å². The van der Waals surface area contributed by atoms with Crippen molar-refractivity contribution in [2.24, 2.45) is 0 Å². The third kappa shape index (κ3) is 2.18. The number of hydrogen-bond donors (Lipinski definition) is 2. The second-order valence-electron chi connectivity index (χ2n) is 4.29. The number of aliphatic hydroxyl groups is 2. The van der Waals surface area contributed by atoms with Crippen LogP contribution in [0.5, 0.6) is 0 Å². The fraction of sp³-hybridized carbons (Fsp3) is 0.583. The average Bonchev–Trinajstić information content (AvgIpc) is 2.77. The summed E-state index contributed by atoms with van der Waals surface area (Å²) in [7, 11) is 0. The molecule has 2 atom stereocenters. The van der Waals surface area contributed by atoms with E-state index < -0.39 is 6.10 Å². The molecule has 1 aromatic rings. The molecule has 16 heavy (non-hydrogen) atoms. The number of anilines is 1. The summed E-state index contributed by atoms with van der Waals surface area (Å²) < 4.78 is 0. The standard InChI is InChI=1S/C12H18N2O2/c1-9(16)12-5-4-10(7-13-12)14-6-2-3-11(14)8-15/h4-5,7,9,11,15-16H,2-3,6,8H2,1H3/t9-,11?/m1/s1. The van der Waals surface area contributed by atoms with Gasteiger partial charge in [-0.1, -0.05) is 0 Å². The summed E-state index contributed by atoms with van der Waals surface area (Å²) in [6.45, 7) is 2.87. The van der Waals surface area contributed by atoms with E-state index in [0.717, 1.165) is 25.1 Å². The van der Waals surface area contributed by atoms with Gasteiger partial charge in [-0.3, -0.25) is 4.98 Å². The quantitative estimate of drug-likeness (QED) is 0.804. The van der Waals surface area contributed by atoms with E-state index in [4.69, 9.17) is 0 Å². The maximum atomic E-state index is 9.36. The van der Waals surface area contributed by atoms with Crippen LogP contribution in [0.1, 0.15) is 31.6 Å². The molecule has 2 rings (SSSR count). The maximum Gasteiger partial charge on any atom is 0.0931 e. The zero-order chi connectivity index (χ0) is 11.5. The minimum absolute atomic E-state index is 0.193. The van der Waals surface area contributed by atoms with Gasteiger partial charge < -0.3 is 15.1 Å². The Hall–Kier alpha value is -1.13. The molecule has 0 radical (unpaired) electrons. The van der Waals surface area contributed by atoms with Gasteiger partial charge in [-0.25, -0.2) is 0 Å². The molecular weight excluding hydrogens is 204 g/mol. The van der Waals surface area contributed by atoms with E-state index in [1.165, 1.54) is 0 Å². The molecule has 1 aromatic heterocycles. The van der Waals surface area contributed by atoms with Crippen LogP contribution in [0.4, 0.5) is 5.69 Å². The average molecular weight is 222 g/mol. The molecule has 0 amide bonds. The third-order valence-electron chi connectivity index (χ3n) is 3.12. The van der Waals surface area contributed by atoms with Gasteiger partial charge in [-0.15, -0.1) is 0 Å². The number of pyridine rings is 1. The van der Waals surface area contributed by atoms with E-state index in [1.807, 2.05) is 12.1 Å². The van der Waals surface area contributed by atoms with Crippen LogP contribution < -0.4 is 4.90 Å². The number of rotatable bonds is 3. The number of hydrogen-bond acceptors (Lipinski definition) is 4. The first-order chi connectivity index (χ1) is 7.72. The fourth-order valence-electron chi connectivity index (χ4n) is 2.18. The summed E-state index contributed by atoms with van der Waals surface area (Å²) in [5.74, 6) is 0. The normalized spacial score (nSPS) is 22.4. The van der Waals surface area contributed by atoms with Gasteiger partial charge in [0, 0.05) is 6.54 Å². The zero-order valence-electron chi connectivity index (χ0n) is 9.50. The van der Waals surface area contributed by atoms with Gasteiger partial charge in [0.2, 0.25) is 0 Å². The fourth-order valence-corrected chi connectivity index (χ4v) is 2.18. The molecule has 1 fully saturated rings. The smallest absolute Gasteiger partial charge is 0.0931 e. The van der Waals surface area contributed by atoms with Crippen molar-refractivity contribution in [2.45, 2.75) is 31.9 Å². The van der Waals surface area contributed by atoms with Gasteiger partial charge in [-0.05, 0) is 31.9 Å². The lowest BCUT2D eigenvalue weighted by atomic mass is 10.2. The molecule has 2 heterocycles. The number of aromatic nitrogens is 1. The summed E-state index contributed by atoms with van der Waals surface area (Å²) in [6, 6.07) is 4.02. The molecule has 4 nitrogen and oxygen atoms in total. The highest BCUT2D eigenvalue weighted by Gasteiger charge is 2.24. The molecule has 88 valence electrons. The van der Waals surface area contributed by atoms with E-state index in [-0.39, 0.29) is 12.6 Å². The van der Waals surface area contributed by atoms with Crippen molar-refractivity contribution in [1.29, 1.82) is 0 Å². The molecule has 1 aliphatic rings. The molecule has 4 heteroatoms. The van der Waals surface area contributed by atoms with Crippen molar-refractivity contribution in [3.63, 3.8) is 0 Å². The highest BCUT2D eigenvalue weighted by Crippen LogP contribution is 2.25. The van der Waals surface area contributed by atoms with Gasteiger partial charge in [0.1, 0.15) is 0 Å². The summed E-state index contributed by atoms with van der Waals surface area (Å²) in [5.41, 5.74) is 1.71. The predicted octanol–water partition coefficient (Wildman–Crippen LogP) is 1.10. The van der Waals surface area contributed by atoms with Crippen LogP contribution in [-0.4, -0.2) is 34.4 Å². The minimum Gasteiger partial charge on any atom is -0.394 e. The van der Waals surface area contributed by atoms with E-state index in [9.17, 15) is 10.2 Å². The largest absolute Gasteiger partial charge is 0.394 e. The molecule has 1 saturated heterocycles. The Morgan fingerprint density at radius 3 is 2.94 bits per heavy atom. The van der Waals surface area contributed by atoms with Gasteiger partial charge in [0.25, 0.3) is 0 Å². The lowest BCUT2D eigenvalue weighted by Gasteiger charge is -2.25. The highest BCUT2D eigenvalue weighted by molar-refractivity contribution is 5.46. The topological polar surface area (TPSA) is 56.6 Å². The third-order valence-corrected chi connectivity index (χ3v) is 3.12. The zero-order valence-corrected chi connectivity index (χ0v) is 9.50. The summed E-state index contributed by atoms with van der Waals surface area (Å²) in [6.07, 6.45) is 3.40. The van der Waals surface area contributed by atoms with Crippen LogP contribution in [0.2, 0.25) is 0 Å². The van der Waals surface area contributed by atoms with Crippen LogP contribution in [0.15, 0.2) is 18.3 Å². The van der Waals surface area contributed by atoms with Crippen molar-refractivity contribution in [3.8, 4) is 0 Å². The number of nitrogens with zero attached hydrogens (tertiary/aromatic N) is 2. The first kappa shape index (κ1) is 11.4. The van der Waals surface area contributed by atoms with Crippen LogP contribution in [-0.2, 0) is 0 Å². The van der Waals surface area contributed by atoms with Gasteiger partial charge in [0.05, 0.1) is 36.3 Å². The number of aliphatic hydroxyl groups excluding tert-OH is 2. The minimum atomic E-state index is -0.527. The van der Waals surface area contributed by atoms with Crippen LogP contribution >= 0.6 is 0 Å². The van der Waals surface area contributed by atoms with Crippen molar-refractivity contribution >= 4 is 5.69 Å². The Labute approximate surface area is 95.5 Å². The first-order valence-corrected chi connectivity index (χ1v) is 5.74. The Kier molecular flexibility index (Phi) is 3.41. The molecule has 1 aliphatic heterocycles. The maximum absolute atomic E-state index is 9.36. The second kappa shape index (κ2) is 4.80. The van der Waals surface area contributed by atoms with Crippen molar-refractivity contribution < 1.29 is 10.2 Å². The van der Waals surface area contributed by atoms with E-state index in [1.54, 1.807) is 13.1 Å². The molecule has 0 bridgehead atoms. The van der Waals surface area contributed by atoms with Crippen LogP contribution in [0.25, 0.3) is 0 Å². The SMILES string of the molecule is C[C@@H](O)c1ccc(N2CCCC2CO)cn1. The van der Waals surface area contributed by atoms with Crippen molar-refractivity contribution in [3.05, 3.63) is 24.0 Å². The molecule has 0 spiro atoms. The monoisotopic (exact) mass is 222 g/mol. The molecule has 0 aromatic carbocycles. The molecule has 0 aliphatic carbocycles. The lowest BCUT2D eigenvalue weighted by Crippen LogP contribution is -2.32. The van der Waals surface area contributed by atoms with Gasteiger partial charge in [0.15, 0.2) is 0 Å².